The Hall–Kier alpha value is -3.06. The van der Waals surface area contributed by atoms with Crippen LogP contribution in [-0.4, -0.2) is 35.3 Å². The lowest BCUT2D eigenvalue weighted by Crippen LogP contribution is -2.45. The summed E-state index contributed by atoms with van der Waals surface area (Å²) in [7, 11) is 0. The highest BCUT2D eigenvalue weighted by molar-refractivity contribution is 6.30. The van der Waals surface area contributed by atoms with Crippen molar-refractivity contribution in [2.45, 2.75) is 25.8 Å². The Bertz CT molecular complexity index is 903. The highest BCUT2D eigenvalue weighted by atomic mass is 35.5. The van der Waals surface area contributed by atoms with Crippen molar-refractivity contribution in [1.82, 2.24) is 4.90 Å². The molecular weight excluding hydrogens is 380 g/mol. The van der Waals surface area contributed by atoms with Crippen molar-refractivity contribution in [2.75, 3.05) is 22.5 Å². The summed E-state index contributed by atoms with van der Waals surface area (Å²) in [4.78, 5) is 38.1. The van der Waals surface area contributed by atoms with Crippen LogP contribution in [-0.2, 0) is 9.59 Å². The van der Waals surface area contributed by atoms with Crippen LogP contribution >= 0.6 is 11.6 Å². The van der Waals surface area contributed by atoms with Crippen LogP contribution in [0.4, 0.5) is 21.9 Å². The summed E-state index contributed by atoms with van der Waals surface area (Å²) in [6, 6.07) is 12.8. The predicted octanol–water partition coefficient (Wildman–Crippen LogP) is 3.93. The van der Waals surface area contributed by atoms with E-state index < -0.39 is 6.04 Å². The topological polar surface area (TPSA) is 90.5 Å². The Balaban J connectivity index is 1.66. The van der Waals surface area contributed by atoms with Crippen molar-refractivity contribution in [1.29, 1.82) is 0 Å². The van der Waals surface area contributed by atoms with Gasteiger partial charge in [0, 0.05) is 35.6 Å². The highest BCUT2D eigenvalue weighted by Crippen LogP contribution is 2.23. The molecule has 0 bridgehead atoms. The van der Waals surface area contributed by atoms with E-state index >= 15 is 0 Å². The number of amides is 4. The molecule has 1 heterocycles. The Morgan fingerprint density at radius 2 is 1.61 bits per heavy atom. The van der Waals surface area contributed by atoms with Gasteiger partial charge in [-0.05, 0) is 49.2 Å². The third-order valence-corrected chi connectivity index (χ3v) is 4.58. The Kier molecular flexibility index (Phi) is 6.16. The first-order valence-corrected chi connectivity index (χ1v) is 9.32. The molecule has 7 nitrogen and oxygen atoms in total. The number of likely N-dealkylation sites (tertiary alicyclic amines) is 1. The third kappa shape index (κ3) is 5.01. The van der Waals surface area contributed by atoms with E-state index in [-0.39, 0.29) is 17.8 Å². The molecule has 8 heteroatoms. The van der Waals surface area contributed by atoms with Crippen molar-refractivity contribution in [3.63, 3.8) is 0 Å². The fourth-order valence-corrected chi connectivity index (χ4v) is 3.34. The molecule has 4 amide bonds. The summed E-state index contributed by atoms with van der Waals surface area (Å²) in [6.45, 7) is 1.91. The van der Waals surface area contributed by atoms with Gasteiger partial charge in [0.1, 0.15) is 6.04 Å². The van der Waals surface area contributed by atoms with Crippen LogP contribution in [0.1, 0.15) is 19.8 Å². The molecule has 0 unspecified atom stereocenters. The zero-order chi connectivity index (χ0) is 20.1. The number of nitrogens with zero attached hydrogens (tertiary/aromatic N) is 1. The molecule has 3 rings (SSSR count). The molecule has 1 saturated heterocycles. The molecule has 0 radical (unpaired) electrons. The molecule has 1 aliphatic heterocycles. The highest BCUT2D eigenvalue weighted by Gasteiger charge is 2.34. The molecule has 0 aliphatic carbocycles. The largest absolute Gasteiger partial charge is 0.326 e. The summed E-state index contributed by atoms with van der Waals surface area (Å²) >= 11 is 5.95. The number of carbonyl (C=O) groups is 3. The van der Waals surface area contributed by atoms with Crippen molar-refractivity contribution in [3.8, 4) is 0 Å². The minimum Gasteiger partial charge on any atom is -0.326 e. The fraction of sp³-hybridized carbons (Fsp3) is 0.250. The van der Waals surface area contributed by atoms with Gasteiger partial charge in [-0.1, -0.05) is 23.7 Å². The minimum absolute atomic E-state index is 0.192. The lowest BCUT2D eigenvalue weighted by atomic mass is 10.2. The minimum atomic E-state index is -0.566. The molecule has 0 spiro atoms. The first kappa shape index (κ1) is 19.7. The van der Waals surface area contributed by atoms with Crippen LogP contribution in [0.2, 0.25) is 5.02 Å². The average molecular weight is 401 g/mol. The van der Waals surface area contributed by atoms with E-state index in [1.54, 1.807) is 48.5 Å². The van der Waals surface area contributed by atoms with Gasteiger partial charge in [-0.15, -0.1) is 0 Å². The number of anilines is 3. The van der Waals surface area contributed by atoms with Crippen LogP contribution in [0.15, 0.2) is 48.5 Å². The summed E-state index contributed by atoms with van der Waals surface area (Å²) in [6.07, 6.45) is 1.33. The summed E-state index contributed by atoms with van der Waals surface area (Å²) < 4.78 is 0. The van der Waals surface area contributed by atoms with Crippen LogP contribution in [0, 0.1) is 0 Å². The van der Waals surface area contributed by atoms with Crippen molar-refractivity contribution < 1.29 is 14.4 Å². The third-order valence-electron chi connectivity index (χ3n) is 4.34. The second-order valence-corrected chi connectivity index (χ2v) is 6.98. The van der Waals surface area contributed by atoms with Gasteiger partial charge < -0.3 is 20.9 Å². The predicted molar refractivity (Wildman–Crippen MR) is 110 cm³/mol. The van der Waals surface area contributed by atoms with Crippen LogP contribution < -0.4 is 16.0 Å². The maximum atomic E-state index is 12.7. The van der Waals surface area contributed by atoms with E-state index in [1.165, 1.54) is 11.8 Å². The first-order chi connectivity index (χ1) is 13.4. The second kappa shape index (κ2) is 8.75. The van der Waals surface area contributed by atoms with Gasteiger partial charge >= 0.3 is 6.03 Å². The van der Waals surface area contributed by atoms with Crippen LogP contribution in [0.3, 0.4) is 0 Å². The van der Waals surface area contributed by atoms with Gasteiger partial charge in [0.25, 0.3) is 0 Å². The average Bonchev–Trinajstić information content (AvgIpc) is 3.11. The van der Waals surface area contributed by atoms with Gasteiger partial charge in [0.05, 0.1) is 0 Å². The van der Waals surface area contributed by atoms with Gasteiger partial charge in [0.2, 0.25) is 11.8 Å². The number of hydrogen-bond donors (Lipinski definition) is 3. The molecule has 1 atom stereocenters. The zero-order valence-corrected chi connectivity index (χ0v) is 16.1. The molecular formula is C20H21ClN4O3. The summed E-state index contributed by atoms with van der Waals surface area (Å²) in [5.74, 6) is -0.457. The zero-order valence-electron chi connectivity index (χ0n) is 15.4. The van der Waals surface area contributed by atoms with Gasteiger partial charge in [-0.2, -0.15) is 0 Å². The quantitative estimate of drug-likeness (QED) is 0.726. The molecule has 3 N–H and O–H groups in total. The number of urea groups is 1. The standard InChI is InChI=1S/C20H21ClN4O3/c1-13(26)22-16-7-3-8-17(12-16)23-19(27)18-9-4-10-25(18)20(28)24-15-6-2-5-14(21)11-15/h2-3,5-8,11-12,18H,4,9-10H2,1H3,(H,22,26)(H,23,27)(H,24,28)/t18-/m1/s1. The van der Waals surface area contributed by atoms with Crippen molar-refractivity contribution in [2.24, 2.45) is 0 Å². The van der Waals surface area contributed by atoms with E-state index in [1.807, 2.05) is 0 Å². The number of halogens is 1. The van der Waals surface area contributed by atoms with Crippen LogP contribution in [0.25, 0.3) is 0 Å². The molecule has 146 valence electrons. The maximum Gasteiger partial charge on any atom is 0.322 e. The van der Waals surface area contributed by atoms with E-state index in [4.69, 9.17) is 11.6 Å². The SMILES string of the molecule is CC(=O)Nc1cccc(NC(=O)[C@H]2CCCN2C(=O)Nc2cccc(Cl)c2)c1. The lowest BCUT2D eigenvalue weighted by Gasteiger charge is -2.24. The van der Waals surface area contributed by atoms with E-state index in [2.05, 4.69) is 16.0 Å². The fourth-order valence-electron chi connectivity index (χ4n) is 3.15. The number of nitrogens with one attached hydrogen (secondary N) is 3. The number of rotatable bonds is 4. The normalized spacial score (nSPS) is 15.8. The van der Waals surface area contributed by atoms with Crippen molar-refractivity contribution in [3.05, 3.63) is 53.6 Å². The van der Waals surface area contributed by atoms with Crippen molar-refractivity contribution >= 4 is 46.5 Å². The maximum absolute atomic E-state index is 12.7. The van der Waals surface area contributed by atoms with Crippen LogP contribution in [0.5, 0.6) is 0 Å². The molecule has 2 aromatic carbocycles. The van der Waals surface area contributed by atoms with Gasteiger partial charge in [0.15, 0.2) is 0 Å². The number of carbonyl (C=O) groups excluding carboxylic acids is 3. The molecule has 28 heavy (non-hydrogen) atoms. The smallest absolute Gasteiger partial charge is 0.322 e. The Labute approximate surface area is 168 Å². The summed E-state index contributed by atoms with van der Waals surface area (Å²) in [5.41, 5.74) is 1.72. The summed E-state index contributed by atoms with van der Waals surface area (Å²) in [5, 5.41) is 8.79. The number of hydrogen-bond acceptors (Lipinski definition) is 3. The Morgan fingerprint density at radius 3 is 2.29 bits per heavy atom. The van der Waals surface area contributed by atoms with E-state index in [0.717, 1.165) is 6.42 Å². The molecule has 0 aromatic heterocycles. The lowest BCUT2D eigenvalue weighted by molar-refractivity contribution is -0.119. The number of benzene rings is 2. The van der Waals surface area contributed by atoms with E-state index in [9.17, 15) is 14.4 Å². The molecule has 1 aliphatic rings. The van der Waals surface area contributed by atoms with E-state index in [0.29, 0.717) is 35.1 Å². The second-order valence-electron chi connectivity index (χ2n) is 6.54. The van der Waals surface area contributed by atoms with Gasteiger partial charge in [-0.3, -0.25) is 9.59 Å². The molecule has 1 fully saturated rings. The molecule has 2 aromatic rings. The van der Waals surface area contributed by atoms with Gasteiger partial charge in [-0.25, -0.2) is 4.79 Å². The monoisotopic (exact) mass is 400 g/mol. The first-order valence-electron chi connectivity index (χ1n) is 8.94. The molecule has 0 saturated carbocycles. The Morgan fingerprint density at radius 1 is 0.964 bits per heavy atom.